The van der Waals surface area contributed by atoms with Crippen LogP contribution in [0.15, 0.2) is 24.3 Å². The molecule has 0 radical (unpaired) electrons. The zero-order valence-corrected chi connectivity index (χ0v) is 12.5. The van der Waals surface area contributed by atoms with E-state index in [4.69, 9.17) is 11.6 Å². The summed E-state index contributed by atoms with van der Waals surface area (Å²) in [5.74, 6) is -0.0946. The summed E-state index contributed by atoms with van der Waals surface area (Å²) in [7, 11) is 0. The van der Waals surface area contributed by atoms with Crippen molar-refractivity contribution in [2.45, 2.75) is 32.4 Å². The number of aryl methyl sites for hydroxylation is 2. The van der Waals surface area contributed by atoms with Crippen LogP contribution in [0.2, 0.25) is 0 Å². The van der Waals surface area contributed by atoms with Crippen LogP contribution in [0.5, 0.6) is 0 Å². The van der Waals surface area contributed by atoms with Gasteiger partial charge in [-0.3, -0.25) is 9.00 Å². The molecule has 0 aliphatic heterocycles. The molecule has 1 rings (SSSR count). The van der Waals surface area contributed by atoms with E-state index in [2.05, 4.69) is 0 Å². The SMILES string of the molecule is CC=CCCc1cc(C)c(C(=O)Cl)cc1CS(=O)[O-]. The molecule has 104 valence electrons. The Bertz CT molecular complexity index is 524. The van der Waals surface area contributed by atoms with Crippen LogP contribution in [0.25, 0.3) is 0 Å². The predicted octanol–water partition coefficient (Wildman–Crippen LogP) is 3.26. The van der Waals surface area contributed by atoms with Crippen molar-refractivity contribution in [1.82, 2.24) is 0 Å². The first kappa shape index (κ1) is 16.1. The summed E-state index contributed by atoms with van der Waals surface area (Å²) in [4.78, 5) is 11.3. The Morgan fingerprint density at radius 1 is 1.42 bits per heavy atom. The summed E-state index contributed by atoms with van der Waals surface area (Å²) in [5, 5.41) is -0.560. The molecule has 0 saturated carbocycles. The lowest BCUT2D eigenvalue weighted by Gasteiger charge is -2.14. The van der Waals surface area contributed by atoms with E-state index in [1.54, 1.807) is 13.0 Å². The highest BCUT2D eigenvalue weighted by atomic mass is 35.5. The van der Waals surface area contributed by atoms with E-state index >= 15 is 0 Å². The van der Waals surface area contributed by atoms with Gasteiger partial charge >= 0.3 is 0 Å². The van der Waals surface area contributed by atoms with Crippen molar-refractivity contribution < 1.29 is 13.6 Å². The number of carbonyl (C=O) groups excluding carboxylic acids is 1. The number of rotatable bonds is 6. The Hall–Kier alpha value is -0.970. The quantitative estimate of drug-likeness (QED) is 0.460. The van der Waals surface area contributed by atoms with E-state index in [-0.39, 0.29) is 5.75 Å². The maximum atomic E-state index is 11.3. The molecule has 0 aromatic heterocycles. The van der Waals surface area contributed by atoms with Gasteiger partial charge < -0.3 is 4.55 Å². The van der Waals surface area contributed by atoms with Crippen molar-refractivity contribution in [1.29, 1.82) is 0 Å². The molecule has 0 amide bonds. The third-order valence-electron chi connectivity index (χ3n) is 2.85. The number of halogens is 1. The predicted molar refractivity (Wildman–Crippen MR) is 77.1 cm³/mol. The van der Waals surface area contributed by atoms with Crippen LogP contribution in [0.1, 0.15) is 40.4 Å². The molecule has 1 aromatic carbocycles. The molecule has 5 heteroatoms. The summed E-state index contributed by atoms with van der Waals surface area (Å²) < 4.78 is 21.8. The number of carbonyl (C=O) groups is 1. The van der Waals surface area contributed by atoms with E-state index in [1.165, 1.54) is 0 Å². The van der Waals surface area contributed by atoms with Gasteiger partial charge in [0, 0.05) is 11.3 Å². The van der Waals surface area contributed by atoms with Gasteiger partial charge in [-0.05, 0) is 61.0 Å². The van der Waals surface area contributed by atoms with Crippen LogP contribution in [0.3, 0.4) is 0 Å². The second-order valence-electron chi connectivity index (χ2n) is 4.27. The van der Waals surface area contributed by atoms with E-state index < -0.39 is 16.3 Å². The first-order valence-electron chi connectivity index (χ1n) is 5.95. The summed E-state index contributed by atoms with van der Waals surface area (Å²) in [5.41, 5.74) is 2.74. The number of allylic oxidation sites excluding steroid dienone is 2. The Kier molecular flexibility index (Phi) is 6.42. The number of benzene rings is 1. The Balaban J connectivity index is 3.15. The van der Waals surface area contributed by atoms with Crippen LogP contribution in [0, 0.1) is 6.92 Å². The molecule has 1 aromatic rings. The van der Waals surface area contributed by atoms with Gasteiger partial charge in [0.1, 0.15) is 0 Å². The van der Waals surface area contributed by atoms with Crippen molar-refractivity contribution in [3.63, 3.8) is 0 Å². The van der Waals surface area contributed by atoms with Gasteiger partial charge in [-0.15, -0.1) is 0 Å². The monoisotopic (exact) mass is 299 g/mol. The fraction of sp³-hybridized carbons (Fsp3) is 0.357. The summed E-state index contributed by atoms with van der Waals surface area (Å²) in [6.45, 7) is 3.74. The smallest absolute Gasteiger partial charge is 0.252 e. The molecule has 0 bridgehead atoms. The maximum Gasteiger partial charge on any atom is 0.252 e. The Morgan fingerprint density at radius 3 is 2.63 bits per heavy atom. The summed E-state index contributed by atoms with van der Waals surface area (Å²) in [6, 6.07) is 3.44. The molecular weight excluding hydrogens is 284 g/mol. The molecule has 0 heterocycles. The molecule has 0 fully saturated rings. The van der Waals surface area contributed by atoms with Crippen LogP contribution < -0.4 is 0 Å². The van der Waals surface area contributed by atoms with Crippen molar-refractivity contribution in [3.8, 4) is 0 Å². The molecule has 3 nitrogen and oxygen atoms in total. The lowest BCUT2D eigenvalue weighted by atomic mass is 9.97. The van der Waals surface area contributed by atoms with Gasteiger partial charge in [0.15, 0.2) is 0 Å². The van der Waals surface area contributed by atoms with Crippen molar-refractivity contribution >= 4 is 27.9 Å². The van der Waals surface area contributed by atoms with Gasteiger partial charge in [-0.2, -0.15) is 0 Å². The first-order valence-corrected chi connectivity index (χ1v) is 7.57. The Labute approximate surface area is 121 Å². The minimum atomic E-state index is -2.18. The van der Waals surface area contributed by atoms with Crippen LogP contribution in [-0.4, -0.2) is 14.0 Å². The molecule has 1 atom stereocenters. The summed E-state index contributed by atoms with van der Waals surface area (Å²) in [6.07, 6.45) is 5.56. The van der Waals surface area contributed by atoms with Crippen LogP contribution in [0.4, 0.5) is 0 Å². The van der Waals surface area contributed by atoms with Crippen LogP contribution >= 0.6 is 11.6 Å². The standard InChI is InChI=1S/C14H17ClO3S/c1-3-4-5-6-11-7-10(2)13(14(15)16)8-12(11)9-19(17)18/h3-4,7-8H,5-6,9H2,1-2H3,(H,17,18)/p-1. The van der Waals surface area contributed by atoms with Gasteiger partial charge in [-0.1, -0.05) is 29.3 Å². The topological polar surface area (TPSA) is 57.2 Å². The van der Waals surface area contributed by atoms with Gasteiger partial charge in [0.25, 0.3) is 5.24 Å². The molecule has 1 unspecified atom stereocenters. The second kappa shape index (κ2) is 7.58. The number of hydrogen-bond donors (Lipinski definition) is 0. The number of hydrogen-bond acceptors (Lipinski definition) is 3. The van der Waals surface area contributed by atoms with E-state index in [9.17, 15) is 13.6 Å². The minimum absolute atomic E-state index is 0.0946. The average Bonchev–Trinajstić information content (AvgIpc) is 2.31. The highest BCUT2D eigenvalue weighted by molar-refractivity contribution is 7.78. The van der Waals surface area contributed by atoms with Crippen molar-refractivity contribution in [2.24, 2.45) is 0 Å². The summed E-state index contributed by atoms with van der Waals surface area (Å²) >= 11 is 3.31. The third kappa shape index (κ3) is 4.90. The Morgan fingerprint density at radius 2 is 2.11 bits per heavy atom. The van der Waals surface area contributed by atoms with Crippen molar-refractivity contribution in [2.75, 3.05) is 0 Å². The van der Waals surface area contributed by atoms with Gasteiger partial charge in [0.2, 0.25) is 0 Å². The lowest BCUT2D eigenvalue weighted by molar-refractivity contribution is 0.108. The molecule has 0 spiro atoms. The highest BCUT2D eigenvalue weighted by Gasteiger charge is 2.11. The molecular formula is C14H16ClO3S-. The molecule has 0 saturated heterocycles. The largest absolute Gasteiger partial charge is 0.772 e. The normalized spacial score (nSPS) is 12.8. The highest BCUT2D eigenvalue weighted by Crippen LogP contribution is 2.21. The first-order chi connectivity index (χ1) is 8.95. The van der Waals surface area contributed by atoms with E-state index in [0.717, 1.165) is 24.0 Å². The molecule has 0 aliphatic rings. The van der Waals surface area contributed by atoms with Gasteiger partial charge in [0.05, 0.1) is 0 Å². The maximum absolute atomic E-state index is 11.3. The molecule has 19 heavy (non-hydrogen) atoms. The molecule has 0 N–H and O–H groups in total. The van der Waals surface area contributed by atoms with E-state index in [0.29, 0.717) is 11.1 Å². The van der Waals surface area contributed by atoms with Crippen LogP contribution in [-0.2, 0) is 23.3 Å². The van der Waals surface area contributed by atoms with Crippen molar-refractivity contribution in [3.05, 3.63) is 46.5 Å². The molecule has 0 aliphatic carbocycles. The second-order valence-corrected chi connectivity index (χ2v) is 5.50. The minimum Gasteiger partial charge on any atom is -0.772 e. The zero-order chi connectivity index (χ0) is 14.4. The zero-order valence-electron chi connectivity index (χ0n) is 10.9. The fourth-order valence-corrected chi connectivity index (χ4v) is 2.65. The fourth-order valence-electron chi connectivity index (χ4n) is 1.92. The lowest BCUT2D eigenvalue weighted by Crippen LogP contribution is -2.04. The van der Waals surface area contributed by atoms with Gasteiger partial charge in [-0.25, -0.2) is 0 Å². The average molecular weight is 300 g/mol. The van der Waals surface area contributed by atoms with E-state index in [1.807, 2.05) is 25.1 Å². The third-order valence-corrected chi connectivity index (χ3v) is 3.60.